The maximum atomic E-state index is 5.44. The molecule has 1 N–H and O–H groups in total. The molecule has 0 saturated heterocycles. The number of hydrogen-bond acceptors (Lipinski definition) is 2. The smallest absolute Gasteiger partial charge is 0.178 e. The third kappa shape index (κ3) is 1.85. The van der Waals surface area contributed by atoms with Gasteiger partial charge in [0.05, 0.1) is 18.1 Å². The van der Waals surface area contributed by atoms with E-state index in [1.54, 1.807) is 7.11 Å². The Morgan fingerprint density at radius 1 is 1.44 bits per heavy atom. The Hall–Kier alpha value is -1.29. The predicted octanol–water partition coefficient (Wildman–Crippen LogP) is 3.90. The quantitative estimate of drug-likeness (QED) is 0.850. The van der Waals surface area contributed by atoms with Crippen LogP contribution in [-0.4, -0.2) is 16.7 Å². The summed E-state index contributed by atoms with van der Waals surface area (Å²) in [6.45, 7) is 3.34. The van der Waals surface area contributed by atoms with Gasteiger partial charge in [0.25, 0.3) is 0 Å². The standard InChI is InChI=1S/C14H18N2OS/c1-14(6-3-7-14)9-16-12-8-10(17-2)4-5-11(12)15-13(16)18/h4-5,8H,3,6-7,9H2,1-2H3,(H,15,18). The largest absolute Gasteiger partial charge is 0.497 e. The van der Waals surface area contributed by atoms with Gasteiger partial charge in [-0.3, -0.25) is 0 Å². The van der Waals surface area contributed by atoms with E-state index in [0.717, 1.165) is 28.1 Å². The Morgan fingerprint density at radius 3 is 2.83 bits per heavy atom. The molecule has 0 atom stereocenters. The van der Waals surface area contributed by atoms with Gasteiger partial charge in [0, 0.05) is 12.6 Å². The number of aromatic amines is 1. The minimum atomic E-state index is 0.413. The number of aromatic nitrogens is 2. The number of nitrogens with one attached hydrogen (secondary N) is 1. The summed E-state index contributed by atoms with van der Waals surface area (Å²) >= 11 is 5.44. The summed E-state index contributed by atoms with van der Waals surface area (Å²) in [5.41, 5.74) is 2.65. The first-order chi connectivity index (χ1) is 8.61. The number of benzene rings is 1. The SMILES string of the molecule is COc1ccc2[nH]c(=S)n(CC3(C)CCC3)c2c1. The first-order valence-corrected chi connectivity index (χ1v) is 6.79. The summed E-state index contributed by atoms with van der Waals surface area (Å²) in [7, 11) is 1.69. The molecule has 18 heavy (non-hydrogen) atoms. The molecule has 0 spiro atoms. The lowest BCUT2D eigenvalue weighted by Crippen LogP contribution is -2.30. The lowest BCUT2D eigenvalue weighted by Gasteiger charge is -2.38. The van der Waals surface area contributed by atoms with Crippen molar-refractivity contribution in [2.75, 3.05) is 7.11 Å². The van der Waals surface area contributed by atoms with Crippen molar-refractivity contribution in [2.45, 2.75) is 32.7 Å². The summed E-state index contributed by atoms with van der Waals surface area (Å²) in [4.78, 5) is 3.27. The number of imidazole rings is 1. The predicted molar refractivity (Wildman–Crippen MR) is 75.6 cm³/mol. The molecular weight excluding hydrogens is 244 g/mol. The maximum Gasteiger partial charge on any atom is 0.178 e. The van der Waals surface area contributed by atoms with Crippen LogP contribution in [0.2, 0.25) is 0 Å². The van der Waals surface area contributed by atoms with E-state index in [0.29, 0.717) is 5.41 Å². The lowest BCUT2D eigenvalue weighted by molar-refractivity contribution is 0.133. The minimum Gasteiger partial charge on any atom is -0.497 e. The van der Waals surface area contributed by atoms with Crippen molar-refractivity contribution in [3.05, 3.63) is 23.0 Å². The van der Waals surface area contributed by atoms with E-state index in [1.165, 1.54) is 19.3 Å². The minimum absolute atomic E-state index is 0.413. The van der Waals surface area contributed by atoms with E-state index in [2.05, 4.69) is 22.5 Å². The molecular formula is C14H18N2OS. The highest BCUT2D eigenvalue weighted by atomic mass is 32.1. The van der Waals surface area contributed by atoms with Gasteiger partial charge in [0.15, 0.2) is 4.77 Å². The topological polar surface area (TPSA) is 29.9 Å². The van der Waals surface area contributed by atoms with Gasteiger partial charge in [-0.25, -0.2) is 0 Å². The summed E-state index contributed by atoms with van der Waals surface area (Å²) in [6.07, 6.45) is 3.94. The molecule has 3 rings (SSSR count). The van der Waals surface area contributed by atoms with Crippen molar-refractivity contribution in [2.24, 2.45) is 5.41 Å². The summed E-state index contributed by atoms with van der Waals surface area (Å²) in [5, 5.41) is 0. The molecule has 1 aliphatic carbocycles. The second-order valence-electron chi connectivity index (χ2n) is 5.56. The Kier molecular flexibility index (Phi) is 2.70. The normalized spacial score (nSPS) is 17.7. The third-order valence-corrected chi connectivity index (χ3v) is 4.41. The molecule has 1 fully saturated rings. The van der Waals surface area contributed by atoms with E-state index >= 15 is 0 Å². The van der Waals surface area contributed by atoms with Crippen LogP contribution in [0.3, 0.4) is 0 Å². The molecule has 0 unspecified atom stereocenters. The van der Waals surface area contributed by atoms with Gasteiger partial charge in [-0.15, -0.1) is 0 Å². The van der Waals surface area contributed by atoms with Crippen molar-refractivity contribution in [1.82, 2.24) is 9.55 Å². The van der Waals surface area contributed by atoms with Gasteiger partial charge in [-0.2, -0.15) is 0 Å². The van der Waals surface area contributed by atoms with Crippen LogP contribution in [0.25, 0.3) is 11.0 Å². The zero-order chi connectivity index (χ0) is 12.8. The van der Waals surface area contributed by atoms with Crippen molar-refractivity contribution >= 4 is 23.3 Å². The molecule has 0 amide bonds. The number of nitrogens with zero attached hydrogens (tertiary/aromatic N) is 1. The van der Waals surface area contributed by atoms with Crippen LogP contribution in [0, 0.1) is 10.2 Å². The molecule has 1 aromatic carbocycles. The molecule has 1 heterocycles. The monoisotopic (exact) mass is 262 g/mol. The number of ether oxygens (including phenoxy) is 1. The molecule has 1 saturated carbocycles. The fraction of sp³-hybridized carbons (Fsp3) is 0.500. The number of fused-ring (bicyclic) bond motifs is 1. The van der Waals surface area contributed by atoms with E-state index in [4.69, 9.17) is 17.0 Å². The molecule has 3 nitrogen and oxygen atoms in total. The number of methoxy groups -OCH3 is 1. The fourth-order valence-electron chi connectivity index (χ4n) is 2.74. The van der Waals surface area contributed by atoms with Crippen LogP contribution in [0.15, 0.2) is 18.2 Å². The molecule has 0 aliphatic heterocycles. The Balaban J connectivity index is 2.08. The van der Waals surface area contributed by atoms with Crippen molar-refractivity contribution < 1.29 is 4.74 Å². The fourth-order valence-corrected chi connectivity index (χ4v) is 3.01. The Bertz CT molecular complexity index is 637. The average molecular weight is 262 g/mol. The number of rotatable bonds is 3. The maximum absolute atomic E-state index is 5.44. The van der Waals surface area contributed by atoms with Gasteiger partial charge in [-0.05, 0) is 42.6 Å². The zero-order valence-corrected chi connectivity index (χ0v) is 11.6. The number of H-pyrrole nitrogens is 1. The molecule has 0 bridgehead atoms. The highest BCUT2D eigenvalue weighted by Crippen LogP contribution is 2.42. The molecule has 4 heteroatoms. The van der Waals surface area contributed by atoms with Crippen molar-refractivity contribution in [3.63, 3.8) is 0 Å². The van der Waals surface area contributed by atoms with Gasteiger partial charge in [0.2, 0.25) is 0 Å². The first kappa shape index (κ1) is 11.8. The molecule has 1 aliphatic rings. The number of hydrogen-bond donors (Lipinski definition) is 1. The van der Waals surface area contributed by atoms with E-state index in [1.807, 2.05) is 12.1 Å². The van der Waals surface area contributed by atoms with Crippen LogP contribution >= 0.6 is 12.2 Å². The van der Waals surface area contributed by atoms with Crippen LogP contribution in [0.5, 0.6) is 5.75 Å². The first-order valence-electron chi connectivity index (χ1n) is 6.38. The van der Waals surface area contributed by atoms with Crippen LogP contribution < -0.4 is 4.74 Å². The van der Waals surface area contributed by atoms with Crippen LogP contribution in [0.1, 0.15) is 26.2 Å². The summed E-state index contributed by atoms with van der Waals surface area (Å²) in [5.74, 6) is 0.879. The molecule has 0 radical (unpaired) electrons. The van der Waals surface area contributed by atoms with Crippen molar-refractivity contribution in [1.29, 1.82) is 0 Å². The molecule has 1 aromatic heterocycles. The summed E-state index contributed by atoms with van der Waals surface area (Å²) in [6, 6.07) is 6.05. The van der Waals surface area contributed by atoms with E-state index in [-0.39, 0.29) is 0 Å². The van der Waals surface area contributed by atoms with E-state index in [9.17, 15) is 0 Å². The molecule has 96 valence electrons. The van der Waals surface area contributed by atoms with Crippen LogP contribution in [0.4, 0.5) is 0 Å². The van der Waals surface area contributed by atoms with Gasteiger partial charge >= 0.3 is 0 Å². The van der Waals surface area contributed by atoms with Gasteiger partial charge in [0.1, 0.15) is 5.75 Å². The second-order valence-corrected chi connectivity index (χ2v) is 5.95. The molecule has 2 aromatic rings. The van der Waals surface area contributed by atoms with Crippen molar-refractivity contribution in [3.8, 4) is 5.75 Å². The summed E-state index contributed by atoms with van der Waals surface area (Å²) < 4.78 is 8.32. The lowest BCUT2D eigenvalue weighted by atomic mass is 9.70. The highest BCUT2D eigenvalue weighted by Gasteiger charge is 2.32. The van der Waals surface area contributed by atoms with E-state index < -0.39 is 0 Å². The Morgan fingerprint density at radius 2 is 2.22 bits per heavy atom. The average Bonchev–Trinajstić information content (AvgIpc) is 2.63. The van der Waals surface area contributed by atoms with Gasteiger partial charge < -0.3 is 14.3 Å². The second kappa shape index (κ2) is 4.12. The van der Waals surface area contributed by atoms with Gasteiger partial charge in [-0.1, -0.05) is 13.3 Å². The van der Waals surface area contributed by atoms with Crippen LogP contribution in [-0.2, 0) is 6.54 Å². The zero-order valence-electron chi connectivity index (χ0n) is 10.8. The third-order valence-electron chi connectivity index (χ3n) is 4.08. The highest BCUT2D eigenvalue weighted by molar-refractivity contribution is 7.71. The Labute approximate surface area is 112 Å².